The molecule has 0 unspecified atom stereocenters. The normalized spacial score (nSPS) is 20.7. The van der Waals surface area contributed by atoms with Gasteiger partial charge in [-0.3, -0.25) is 9.59 Å². The van der Waals surface area contributed by atoms with Gasteiger partial charge in [0.2, 0.25) is 11.8 Å². The van der Waals surface area contributed by atoms with E-state index in [2.05, 4.69) is 20.8 Å². The van der Waals surface area contributed by atoms with Gasteiger partial charge in [0.25, 0.3) is 0 Å². The molecular formula is C14H15ClN4O2S. The van der Waals surface area contributed by atoms with Gasteiger partial charge in [0.15, 0.2) is 5.17 Å². The molecule has 0 bridgehead atoms. The maximum Gasteiger partial charge on any atom is 0.233 e. The van der Waals surface area contributed by atoms with Gasteiger partial charge >= 0.3 is 0 Å². The summed E-state index contributed by atoms with van der Waals surface area (Å²) in [5.74, 6) is -0.448. The van der Waals surface area contributed by atoms with Crippen LogP contribution in [-0.4, -0.2) is 35.0 Å². The van der Waals surface area contributed by atoms with Crippen LogP contribution in [0, 0.1) is 0 Å². The smallest absolute Gasteiger partial charge is 0.233 e. The van der Waals surface area contributed by atoms with Crippen LogP contribution in [0.25, 0.3) is 0 Å². The maximum absolute atomic E-state index is 11.6. The maximum atomic E-state index is 11.6. The first-order valence-electron chi connectivity index (χ1n) is 6.56. The van der Waals surface area contributed by atoms with Gasteiger partial charge in [-0.1, -0.05) is 35.5 Å². The molecule has 1 atom stereocenters. The standard InChI is InChI=1S/C14H15ClN4O2S/c1-8(9-3-5-10(15)6-4-9)18-19-14-17-12(20)7-11(22-14)13(21)16-2/h3-6,11H,7H2,1-2H3,(H,16,21)(H,17,19,20)/b18-8-/t11-/m0/s1. The molecule has 1 heterocycles. The molecule has 1 aliphatic rings. The topological polar surface area (TPSA) is 82.9 Å². The highest BCUT2D eigenvalue weighted by molar-refractivity contribution is 8.15. The van der Waals surface area contributed by atoms with Gasteiger partial charge < -0.3 is 10.6 Å². The van der Waals surface area contributed by atoms with E-state index in [-0.39, 0.29) is 18.2 Å². The summed E-state index contributed by atoms with van der Waals surface area (Å²) < 4.78 is 0. The van der Waals surface area contributed by atoms with Crippen molar-refractivity contribution in [3.05, 3.63) is 34.9 Å². The fraction of sp³-hybridized carbons (Fsp3) is 0.286. The van der Waals surface area contributed by atoms with Crippen LogP contribution in [-0.2, 0) is 9.59 Å². The summed E-state index contributed by atoms with van der Waals surface area (Å²) in [6.07, 6.45) is 0.128. The number of rotatable bonds is 3. The largest absolute Gasteiger partial charge is 0.358 e. The number of amides is 2. The summed E-state index contributed by atoms with van der Waals surface area (Å²) in [7, 11) is 1.54. The minimum absolute atomic E-state index is 0.128. The lowest BCUT2D eigenvalue weighted by Gasteiger charge is -2.20. The summed E-state index contributed by atoms with van der Waals surface area (Å²) in [6.45, 7) is 1.80. The minimum atomic E-state index is -0.483. The lowest BCUT2D eigenvalue weighted by Crippen LogP contribution is -2.43. The molecule has 8 heteroatoms. The number of amidine groups is 1. The number of nitrogens with one attached hydrogen (secondary N) is 2. The number of hydrogen-bond donors (Lipinski definition) is 2. The van der Waals surface area contributed by atoms with Crippen LogP contribution in [0.5, 0.6) is 0 Å². The zero-order valence-electron chi connectivity index (χ0n) is 12.1. The summed E-state index contributed by atoms with van der Waals surface area (Å²) in [6, 6.07) is 7.20. The quantitative estimate of drug-likeness (QED) is 0.651. The van der Waals surface area contributed by atoms with Gasteiger partial charge in [-0.2, -0.15) is 5.10 Å². The highest BCUT2D eigenvalue weighted by Gasteiger charge is 2.29. The Morgan fingerprint density at radius 3 is 2.73 bits per heavy atom. The Balaban J connectivity index is 2.13. The molecule has 116 valence electrons. The number of thioether (sulfide) groups is 1. The van der Waals surface area contributed by atoms with Crippen molar-refractivity contribution in [1.29, 1.82) is 0 Å². The van der Waals surface area contributed by atoms with Crippen molar-refractivity contribution < 1.29 is 9.59 Å². The van der Waals surface area contributed by atoms with Crippen molar-refractivity contribution >= 4 is 46.1 Å². The van der Waals surface area contributed by atoms with E-state index in [1.54, 1.807) is 19.1 Å². The molecule has 0 radical (unpaired) electrons. The molecule has 22 heavy (non-hydrogen) atoms. The summed E-state index contributed by atoms with van der Waals surface area (Å²) in [5, 5.41) is 13.7. The third kappa shape index (κ3) is 4.32. The minimum Gasteiger partial charge on any atom is -0.358 e. The Labute approximate surface area is 137 Å². The van der Waals surface area contributed by atoms with Gasteiger partial charge in [0.1, 0.15) is 0 Å². The number of nitrogens with zero attached hydrogens (tertiary/aromatic N) is 2. The van der Waals surface area contributed by atoms with Crippen molar-refractivity contribution in [2.45, 2.75) is 18.6 Å². The molecule has 0 spiro atoms. The Morgan fingerprint density at radius 1 is 1.41 bits per heavy atom. The number of benzene rings is 1. The van der Waals surface area contributed by atoms with Gasteiger partial charge in [-0.15, -0.1) is 5.10 Å². The van der Waals surface area contributed by atoms with Crippen LogP contribution in [0.15, 0.2) is 34.5 Å². The van der Waals surface area contributed by atoms with E-state index in [0.29, 0.717) is 15.9 Å². The molecule has 0 saturated carbocycles. The van der Waals surface area contributed by atoms with Crippen LogP contribution >= 0.6 is 23.4 Å². The fourth-order valence-electron chi connectivity index (χ4n) is 1.77. The summed E-state index contributed by atoms with van der Waals surface area (Å²) in [4.78, 5) is 23.2. The Hall–Kier alpha value is -1.86. The van der Waals surface area contributed by atoms with Crippen LogP contribution in [0.2, 0.25) is 5.02 Å². The van der Waals surface area contributed by atoms with Crippen molar-refractivity contribution in [2.75, 3.05) is 7.05 Å². The molecule has 1 aromatic carbocycles. The lowest BCUT2D eigenvalue weighted by molar-refractivity contribution is -0.125. The van der Waals surface area contributed by atoms with Crippen molar-refractivity contribution in [3.63, 3.8) is 0 Å². The SMILES string of the molecule is CNC(=O)[C@@H]1CC(=O)N/C(=N\N=C(\C)c2ccc(Cl)cc2)S1. The van der Waals surface area contributed by atoms with Crippen LogP contribution in [0.3, 0.4) is 0 Å². The van der Waals surface area contributed by atoms with Crippen molar-refractivity contribution in [2.24, 2.45) is 10.2 Å². The van der Waals surface area contributed by atoms with E-state index in [0.717, 1.165) is 5.56 Å². The van der Waals surface area contributed by atoms with Gasteiger partial charge in [-0.25, -0.2) is 0 Å². The number of halogens is 1. The number of carbonyl (C=O) groups is 2. The van der Waals surface area contributed by atoms with Crippen LogP contribution in [0.4, 0.5) is 0 Å². The molecule has 0 aliphatic carbocycles. The second-order valence-electron chi connectivity index (χ2n) is 4.57. The molecule has 2 amide bonds. The average molecular weight is 339 g/mol. The summed E-state index contributed by atoms with van der Waals surface area (Å²) >= 11 is 7.02. The zero-order valence-corrected chi connectivity index (χ0v) is 13.7. The Bertz CT molecular complexity index is 643. The first-order chi connectivity index (χ1) is 10.5. The van der Waals surface area contributed by atoms with E-state index < -0.39 is 5.25 Å². The molecule has 1 aromatic rings. The van der Waals surface area contributed by atoms with E-state index >= 15 is 0 Å². The van der Waals surface area contributed by atoms with E-state index in [9.17, 15) is 9.59 Å². The van der Waals surface area contributed by atoms with Crippen LogP contribution in [0.1, 0.15) is 18.9 Å². The number of carbonyl (C=O) groups excluding carboxylic acids is 2. The monoisotopic (exact) mass is 338 g/mol. The molecule has 2 rings (SSSR count). The predicted octanol–water partition coefficient (Wildman–Crippen LogP) is 1.79. The van der Waals surface area contributed by atoms with E-state index in [1.807, 2.05) is 12.1 Å². The molecule has 1 aliphatic heterocycles. The van der Waals surface area contributed by atoms with Gasteiger partial charge in [0.05, 0.1) is 11.0 Å². The first-order valence-corrected chi connectivity index (χ1v) is 7.81. The molecule has 6 nitrogen and oxygen atoms in total. The highest BCUT2D eigenvalue weighted by Crippen LogP contribution is 2.20. The van der Waals surface area contributed by atoms with Crippen molar-refractivity contribution in [3.8, 4) is 0 Å². The van der Waals surface area contributed by atoms with E-state index in [4.69, 9.17) is 11.6 Å². The lowest BCUT2D eigenvalue weighted by atomic mass is 10.1. The third-order valence-electron chi connectivity index (χ3n) is 2.96. The van der Waals surface area contributed by atoms with Crippen LogP contribution < -0.4 is 10.6 Å². The van der Waals surface area contributed by atoms with Gasteiger partial charge in [-0.05, 0) is 24.6 Å². The Kier molecular flexibility index (Phi) is 5.57. The molecule has 2 N–H and O–H groups in total. The number of hydrogen-bond acceptors (Lipinski definition) is 5. The molecule has 1 fully saturated rings. The average Bonchev–Trinajstić information content (AvgIpc) is 2.52. The van der Waals surface area contributed by atoms with E-state index in [1.165, 1.54) is 18.8 Å². The van der Waals surface area contributed by atoms with Gasteiger partial charge in [0, 0.05) is 18.5 Å². The highest BCUT2D eigenvalue weighted by atomic mass is 35.5. The van der Waals surface area contributed by atoms with Crippen molar-refractivity contribution in [1.82, 2.24) is 10.6 Å². The third-order valence-corrected chi connectivity index (χ3v) is 4.29. The molecule has 1 saturated heterocycles. The fourth-order valence-corrected chi connectivity index (χ4v) is 2.89. The molecular weight excluding hydrogens is 324 g/mol. The molecule has 0 aromatic heterocycles. The first kappa shape index (κ1) is 16.5. The second kappa shape index (κ2) is 7.42. The zero-order chi connectivity index (χ0) is 16.1. The predicted molar refractivity (Wildman–Crippen MR) is 89.3 cm³/mol. The second-order valence-corrected chi connectivity index (χ2v) is 6.20. The Morgan fingerprint density at radius 2 is 2.09 bits per heavy atom. The summed E-state index contributed by atoms with van der Waals surface area (Å²) in [5.41, 5.74) is 1.56.